The predicted octanol–water partition coefficient (Wildman–Crippen LogP) is 2.81. The van der Waals surface area contributed by atoms with Crippen LogP contribution in [0.1, 0.15) is 49.7 Å². The monoisotopic (exact) mass is 511 g/mol. The maximum absolute atomic E-state index is 11.2. The van der Waals surface area contributed by atoms with E-state index in [4.69, 9.17) is 14.1 Å². The number of hydrogen-bond acceptors (Lipinski definition) is 7. The lowest BCUT2D eigenvalue weighted by Gasteiger charge is -2.15. The van der Waals surface area contributed by atoms with Crippen molar-refractivity contribution in [2.24, 2.45) is 5.14 Å². The normalized spacial score (nSPS) is 18.0. The van der Waals surface area contributed by atoms with Crippen LogP contribution in [0.4, 0.5) is 0 Å². The van der Waals surface area contributed by atoms with Crippen LogP contribution < -0.4 is 5.14 Å². The first kappa shape index (κ1) is 26.3. The van der Waals surface area contributed by atoms with Gasteiger partial charge in [0.2, 0.25) is 0 Å². The molecule has 2 atom stereocenters. The van der Waals surface area contributed by atoms with E-state index in [1.54, 1.807) is 6.33 Å². The number of nitrogens with zero attached hydrogens (tertiary/aromatic N) is 4. The minimum absolute atomic E-state index is 0.109. The summed E-state index contributed by atoms with van der Waals surface area (Å²) < 4.78 is 35.2. The molecule has 36 heavy (non-hydrogen) atoms. The van der Waals surface area contributed by atoms with Gasteiger partial charge in [-0.15, -0.1) is 0 Å². The van der Waals surface area contributed by atoms with Gasteiger partial charge in [-0.05, 0) is 44.3 Å². The third-order valence-electron chi connectivity index (χ3n) is 6.41. The Bertz CT molecular complexity index is 1330. The molecule has 1 saturated heterocycles. The lowest BCUT2D eigenvalue weighted by molar-refractivity contribution is -0.0146. The Kier molecular flexibility index (Phi) is 8.72. The zero-order chi connectivity index (χ0) is 25.5. The lowest BCUT2D eigenvalue weighted by Crippen LogP contribution is -2.23. The molecule has 4 rings (SSSR count). The zero-order valence-corrected chi connectivity index (χ0v) is 21.6. The standard InChI is InChI=1S/C26H33N5O4S/c1-3-30(4-2)16-8-11-21-17-31(24-15-13-22(35-24)18-34-36(27,32)33)26-25(21)23(28-19-29-26)14-12-20-9-6-5-7-10-20/h5-7,9-10,17,19,22,24H,3-4,12-16,18H2,1-2H3,(H2,27,32,33)/t22-,24+/m0/s1. The molecule has 0 aliphatic carbocycles. The molecule has 192 valence electrons. The molecule has 1 aromatic carbocycles. The van der Waals surface area contributed by atoms with Gasteiger partial charge >= 0.3 is 10.3 Å². The van der Waals surface area contributed by atoms with Crippen molar-refractivity contribution in [2.75, 3.05) is 26.2 Å². The number of fused-ring (bicyclic) bond motifs is 1. The second-order valence-corrected chi connectivity index (χ2v) is 10.0. The fourth-order valence-corrected chi connectivity index (χ4v) is 4.78. The first-order valence-corrected chi connectivity index (χ1v) is 13.8. The summed E-state index contributed by atoms with van der Waals surface area (Å²) in [6.07, 6.45) is 5.84. The summed E-state index contributed by atoms with van der Waals surface area (Å²) in [4.78, 5) is 11.5. The van der Waals surface area contributed by atoms with E-state index in [9.17, 15) is 8.42 Å². The van der Waals surface area contributed by atoms with Gasteiger partial charge in [0.25, 0.3) is 0 Å². The molecule has 0 spiro atoms. The molecule has 0 unspecified atom stereocenters. The van der Waals surface area contributed by atoms with Gasteiger partial charge in [-0.1, -0.05) is 56.0 Å². The number of rotatable bonds is 10. The number of aromatic nitrogens is 3. The third-order valence-corrected chi connectivity index (χ3v) is 6.88. The van der Waals surface area contributed by atoms with Crippen LogP contribution in [0.3, 0.4) is 0 Å². The molecule has 3 aromatic rings. The highest BCUT2D eigenvalue weighted by molar-refractivity contribution is 7.84. The summed E-state index contributed by atoms with van der Waals surface area (Å²) in [5.41, 5.74) is 3.82. The van der Waals surface area contributed by atoms with Crippen LogP contribution in [-0.4, -0.2) is 60.2 Å². The maximum Gasteiger partial charge on any atom is 0.333 e. The van der Waals surface area contributed by atoms with E-state index in [1.165, 1.54) is 5.56 Å². The average Bonchev–Trinajstić information content (AvgIpc) is 3.49. The molecule has 10 heteroatoms. The third kappa shape index (κ3) is 6.69. The zero-order valence-electron chi connectivity index (χ0n) is 20.8. The number of aryl methyl sites for hydroxylation is 2. The molecular formula is C26H33N5O4S. The van der Waals surface area contributed by atoms with Crippen molar-refractivity contribution in [3.8, 4) is 11.8 Å². The van der Waals surface area contributed by atoms with Gasteiger partial charge in [0.15, 0.2) is 0 Å². The average molecular weight is 512 g/mol. The Labute approximate surface area is 212 Å². The number of hydrogen-bond donors (Lipinski definition) is 1. The van der Waals surface area contributed by atoms with Gasteiger partial charge in [0.1, 0.15) is 18.2 Å². The first-order chi connectivity index (χ1) is 17.4. The van der Waals surface area contributed by atoms with Gasteiger partial charge in [0, 0.05) is 6.20 Å². The molecular weight excluding hydrogens is 478 g/mol. The Balaban J connectivity index is 1.64. The Morgan fingerprint density at radius 1 is 1.17 bits per heavy atom. The minimum atomic E-state index is -4.01. The van der Waals surface area contributed by atoms with Crippen LogP contribution in [0.25, 0.3) is 11.0 Å². The van der Waals surface area contributed by atoms with Crippen molar-refractivity contribution in [1.29, 1.82) is 0 Å². The number of benzene rings is 1. The smallest absolute Gasteiger partial charge is 0.333 e. The molecule has 1 aliphatic rings. The summed E-state index contributed by atoms with van der Waals surface area (Å²) in [5, 5.41) is 5.90. The van der Waals surface area contributed by atoms with Crippen LogP contribution in [0.15, 0.2) is 42.9 Å². The van der Waals surface area contributed by atoms with Crippen molar-refractivity contribution < 1.29 is 17.3 Å². The largest absolute Gasteiger partial charge is 0.352 e. The second-order valence-electron chi connectivity index (χ2n) is 8.79. The van der Waals surface area contributed by atoms with Gasteiger partial charge in [-0.3, -0.25) is 9.08 Å². The van der Waals surface area contributed by atoms with Gasteiger partial charge in [-0.2, -0.15) is 8.42 Å². The molecule has 1 fully saturated rings. The first-order valence-electron chi connectivity index (χ1n) is 12.3. The van der Waals surface area contributed by atoms with Crippen LogP contribution in [0.2, 0.25) is 0 Å². The SMILES string of the molecule is CCN(CC)CC#Cc1cn([C@H]2CC[C@@H](COS(N)(=O)=O)O2)c2ncnc(CCc3ccccc3)c12. The molecule has 0 radical (unpaired) electrons. The van der Waals surface area contributed by atoms with Crippen LogP contribution in [0, 0.1) is 11.8 Å². The second kappa shape index (κ2) is 12.0. The molecule has 0 saturated carbocycles. The molecule has 1 aliphatic heterocycles. The topological polar surface area (TPSA) is 113 Å². The van der Waals surface area contributed by atoms with Crippen molar-refractivity contribution in [3.05, 3.63) is 59.7 Å². The molecule has 3 heterocycles. The highest BCUT2D eigenvalue weighted by atomic mass is 32.2. The van der Waals surface area contributed by atoms with Crippen LogP contribution in [-0.2, 0) is 32.1 Å². The fourth-order valence-electron chi connectivity index (χ4n) is 4.44. The van der Waals surface area contributed by atoms with E-state index in [0.29, 0.717) is 19.4 Å². The van der Waals surface area contributed by atoms with E-state index in [0.717, 1.165) is 48.2 Å². The van der Waals surface area contributed by atoms with E-state index >= 15 is 0 Å². The molecule has 0 bridgehead atoms. The molecule has 2 N–H and O–H groups in total. The van der Waals surface area contributed by atoms with Crippen LogP contribution >= 0.6 is 0 Å². The molecule has 2 aromatic heterocycles. The summed E-state index contributed by atoms with van der Waals surface area (Å²) >= 11 is 0. The van der Waals surface area contributed by atoms with Gasteiger partial charge < -0.3 is 9.30 Å². The Morgan fingerprint density at radius 3 is 2.67 bits per heavy atom. The Hall–Kier alpha value is -2.81. The summed E-state index contributed by atoms with van der Waals surface area (Å²) in [6.45, 7) is 6.70. The van der Waals surface area contributed by atoms with Gasteiger partial charge in [-0.25, -0.2) is 15.1 Å². The number of ether oxygens (including phenoxy) is 1. The van der Waals surface area contributed by atoms with Crippen LogP contribution in [0.5, 0.6) is 0 Å². The van der Waals surface area contributed by atoms with E-state index < -0.39 is 10.3 Å². The van der Waals surface area contributed by atoms with E-state index in [2.05, 4.69) is 52.7 Å². The highest BCUT2D eigenvalue weighted by Crippen LogP contribution is 2.33. The highest BCUT2D eigenvalue weighted by Gasteiger charge is 2.30. The molecule has 0 amide bonds. The number of nitrogens with two attached hydrogens (primary N) is 1. The summed E-state index contributed by atoms with van der Waals surface area (Å²) in [6, 6.07) is 10.3. The quantitative estimate of drug-likeness (QED) is 0.417. The van der Waals surface area contributed by atoms with Crippen molar-refractivity contribution >= 4 is 21.3 Å². The summed E-state index contributed by atoms with van der Waals surface area (Å²) in [5.74, 6) is 6.67. The van der Waals surface area contributed by atoms with Crippen molar-refractivity contribution in [1.82, 2.24) is 19.4 Å². The maximum atomic E-state index is 11.2. The van der Waals surface area contributed by atoms with E-state index in [-0.39, 0.29) is 18.9 Å². The van der Waals surface area contributed by atoms with Gasteiger partial charge in [0.05, 0.1) is 35.9 Å². The Morgan fingerprint density at radius 2 is 1.94 bits per heavy atom. The molecule has 9 nitrogen and oxygen atoms in total. The summed E-state index contributed by atoms with van der Waals surface area (Å²) in [7, 11) is -4.01. The fraction of sp³-hybridized carbons (Fsp3) is 0.462. The van der Waals surface area contributed by atoms with Crippen molar-refractivity contribution in [2.45, 2.75) is 51.9 Å². The minimum Gasteiger partial charge on any atom is -0.352 e. The lowest BCUT2D eigenvalue weighted by atomic mass is 10.1. The predicted molar refractivity (Wildman–Crippen MR) is 138 cm³/mol. The van der Waals surface area contributed by atoms with Crippen molar-refractivity contribution in [3.63, 3.8) is 0 Å². The van der Waals surface area contributed by atoms with E-state index in [1.807, 2.05) is 29.0 Å².